The van der Waals surface area contributed by atoms with Gasteiger partial charge in [0.15, 0.2) is 0 Å². The lowest BCUT2D eigenvalue weighted by atomic mass is 10.1. The van der Waals surface area contributed by atoms with Crippen LogP contribution in [0.2, 0.25) is 0 Å². The molecule has 1 aromatic rings. The molecule has 3 heteroatoms. The Bertz CT molecular complexity index is 393. The molecule has 0 saturated heterocycles. The van der Waals surface area contributed by atoms with Gasteiger partial charge in [-0.15, -0.1) is 0 Å². The third kappa shape index (κ3) is 3.07. The summed E-state index contributed by atoms with van der Waals surface area (Å²) in [5.74, 6) is -0.652. The third-order valence-corrected chi connectivity index (χ3v) is 3.48. The van der Waals surface area contributed by atoms with Gasteiger partial charge in [-0.05, 0) is 38.3 Å². The van der Waals surface area contributed by atoms with Crippen LogP contribution in [0.15, 0.2) is 24.3 Å². The minimum absolute atomic E-state index is 0.451. The first-order valence-electron chi connectivity index (χ1n) is 6.12. The fraction of sp³-hybridized carbons (Fsp3) is 0.500. The van der Waals surface area contributed by atoms with Crippen LogP contribution < -0.4 is 5.32 Å². The smallest absolute Gasteiger partial charge is 0.310 e. The number of carbonyl (C=O) groups is 1. The summed E-state index contributed by atoms with van der Waals surface area (Å²) >= 11 is 0. The Morgan fingerprint density at radius 2 is 2.00 bits per heavy atom. The molecule has 1 saturated carbocycles. The summed E-state index contributed by atoms with van der Waals surface area (Å²) in [5.41, 5.74) is 2.11. The molecular formula is C14H19NO2. The molecule has 1 aromatic carbocycles. The maximum absolute atomic E-state index is 10.9. The predicted octanol–water partition coefficient (Wildman–Crippen LogP) is 1.99. The van der Waals surface area contributed by atoms with E-state index in [0.29, 0.717) is 6.54 Å². The van der Waals surface area contributed by atoms with Crippen LogP contribution in [0.4, 0.5) is 0 Å². The number of nitrogens with one attached hydrogen (secondary N) is 1. The van der Waals surface area contributed by atoms with Crippen molar-refractivity contribution in [3.05, 3.63) is 35.4 Å². The lowest BCUT2D eigenvalue weighted by molar-refractivity contribution is -0.143. The Morgan fingerprint density at radius 3 is 2.53 bits per heavy atom. The summed E-state index contributed by atoms with van der Waals surface area (Å²) in [6, 6.07) is 8.46. The summed E-state index contributed by atoms with van der Waals surface area (Å²) in [6.45, 7) is 3.53. The highest BCUT2D eigenvalue weighted by molar-refractivity contribution is 5.78. The van der Waals surface area contributed by atoms with Gasteiger partial charge in [-0.25, -0.2) is 0 Å². The van der Waals surface area contributed by atoms with Crippen LogP contribution in [0.1, 0.15) is 24.0 Å². The zero-order valence-corrected chi connectivity index (χ0v) is 10.2. The first-order valence-corrected chi connectivity index (χ1v) is 6.12. The molecule has 0 aliphatic heterocycles. The molecule has 2 N–H and O–H groups in total. The number of carboxylic acids is 1. The summed E-state index contributed by atoms with van der Waals surface area (Å²) in [6.07, 6.45) is 2.59. The Kier molecular flexibility index (Phi) is 3.48. The van der Waals surface area contributed by atoms with E-state index in [9.17, 15) is 4.79 Å². The van der Waals surface area contributed by atoms with Crippen molar-refractivity contribution in [3.8, 4) is 0 Å². The van der Waals surface area contributed by atoms with E-state index >= 15 is 0 Å². The number of rotatable bonds is 6. The average molecular weight is 233 g/mol. The number of hydrogen-bond acceptors (Lipinski definition) is 2. The highest BCUT2D eigenvalue weighted by Gasteiger charge is 2.49. The third-order valence-electron chi connectivity index (χ3n) is 3.48. The van der Waals surface area contributed by atoms with Crippen molar-refractivity contribution in [2.75, 3.05) is 13.1 Å². The molecular weight excluding hydrogens is 214 g/mol. The quantitative estimate of drug-likeness (QED) is 0.739. The minimum Gasteiger partial charge on any atom is -0.481 e. The number of benzene rings is 1. The van der Waals surface area contributed by atoms with Gasteiger partial charge in [0, 0.05) is 6.54 Å². The Labute approximate surface area is 102 Å². The van der Waals surface area contributed by atoms with Gasteiger partial charge in [-0.2, -0.15) is 0 Å². The Balaban J connectivity index is 1.70. The van der Waals surface area contributed by atoms with Crippen molar-refractivity contribution >= 4 is 5.97 Å². The molecule has 17 heavy (non-hydrogen) atoms. The molecule has 1 fully saturated rings. The molecule has 0 spiro atoms. The molecule has 1 aliphatic rings. The number of aliphatic carboxylic acids is 1. The standard InChI is InChI=1S/C14H19NO2/c1-11-2-4-12(5-3-11)6-9-15-10-14(7-8-14)13(16)17/h2-5,15H,6-10H2,1H3,(H,16,17). The summed E-state index contributed by atoms with van der Waals surface area (Å²) in [5, 5.41) is 12.3. The lowest BCUT2D eigenvalue weighted by Gasteiger charge is -2.10. The number of hydrogen-bond donors (Lipinski definition) is 2. The molecule has 92 valence electrons. The molecule has 0 atom stereocenters. The molecule has 0 bridgehead atoms. The van der Waals surface area contributed by atoms with E-state index < -0.39 is 11.4 Å². The Morgan fingerprint density at radius 1 is 1.35 bits per heavy atom. The van der Waals surface area contributed by atoms with Crippen molar-refractivity contribution in [2.45, 2.75) is 26.2 Å². The van der Waals surface area contributed by atoms with E-state index in [2.05, 4.69) is 36.5 Å². The predicted molar refractivity (Wildman–Crippen MR) is 67.1 cm³/mol. The zero-order chi connectivity index (χ0) is 12.3. The largest absolute Gasteiger partial charge is 0.481 e. The second kappa shape index (κ2) is 4.88. The molecule has 2 rings (SSSR count). The second-order valence-corrected chi connectivity index (χ2v) is 5.00. The molecule has 1 aliphatic carbocycles. The monoisotopic (exact) mass is 233 g/mol. The highest BCUT2D eigenvalue weighted by atomic mass is 16.4. The lowest BCUT2D eigenvalue weighted by Crippen LogP contribution is -2.31. The molecule has 0 aromatic heterocycles. The zero-order valence-electron chi connectivity index (χ0n) is 10.2. The van der Waals surface area contributed by atoms with Gasteiger partial charge in [0.1, 0.15) is 0 Å². The second-order valence-electron chi connectivity index (χ2n) is 5.00. The van der Waals surface area contributed by atoms with E-state index in [1.165, 1.54) is 11.1 Å². The molecule has 0 radical (unpaired) electrons. The SMILES string of the molecule is Cc1ccc(CCNCC2(C(=O)O)CC2)cc1. The maximum atomic E-state index is 10.9. The molecule has 0 heterocycles. The van der Waals surface area contributed by atoms with E-state index in [4.69, 9.17) is 5.11 Å². The molecule has 3 nitrogen and oxygen atoms in total. The van der Waals surface area contributed by atoms with Crippen molar-refractivity contribution in [1.29, 1.82) is 0 Å². The minimum atomic E-state index is -0.652. The van der Waals surface area contributed by atoms with E-state index in [0.717, 1.165) is 25.8 Å². The van der Waals surface area contributed by atoms with Crippen LogP contribution in [0, 0.1) is 12.3 Å². The number of carboxylic acid groups (broad SMARTS) is 1. The normalized spacial score (nSPS) is 16.8. The van der Waals surface area contributed by atoms with Gasteiger partial charge in [0.25, 0.3) is 0 Å². The van der Waals surface area contributed by atoms with Crippen LogP contribution in [-0.4, -0.2) is 24.2 Å². The molecule has 0 unspecified atom stereocenters. The van der Waals surface area contributed by atoms with E-state index in [1.54, 1.807) is 0 Å². The summed E-state index contributed by atoms with van der Waals surface area (Å²) < 4.78 is 0. The van der Waals surface area contributed by atoms with Crippen LogP contribution in [0.25, 0.3) is 0 Å². The van der Waals surface area contributed by atoms with Gasteiger partial charge >= 0.3 is 5.97 Å². The van der Waals surface area contributed by atoms with Gasteiger partial charge in [-0.1, -0.05) is 29.8 Å². The van der Waals surface area contributed by atoms with Crippen LogP contribution in [-0.2, 0) is 11.2 Å². The Hall–Kier alpha value is -1.35. The van der Waals surface area contributed by atoms with E-state index in [-0.39, 0.29) is 0 Å². The van der Waals surface area contributed by atoms with Gasteiger partial charge in [-0.3, -0.25) is 4.79 Å². The van der Waals surface area contributed by atoms with Crippen LogP contribution in [0.5, 0.6) is 0 Å². The van der Waals surface area contributed by atoms with Gasteiger partial charge in [0.05, 0.1) is 5.41 Å². The van der Waals surface area contributed by atoms with Crippen molar-refractivity contribution in [1.82, 2.24) is 5.32 Å². The fourth-order valence-corrected chi connectivity index (χ4v) is 1.93. The number of aryl methyl sites for hydroxylation is 1. The van der Waals surface area contributed by atoms with Crippen LogP contribution >= 0.6 is 0 Å². The summed E-state index contributed by atoms with van der Waals surface area (Å²) in [7, 11) is 0. The van der Waals surface area contributed by atoms with Gasteiger partial charge < -0.3 is 10.4 Å². The van der Waals surface area contributed by atoms with Crippen molar-refractivity contribution in [2.24, 2.45) is 5.41 Å². The van der Waals surface area contributed by atoms with Crippen molar-refractivity contribution in [3.63, 3.8) is 0 Å². The first kappa shape index (κ1) is 12.1. The highest BCUT2D eigenvalue weighted by Crippen LogP contribution is 2.45. The first-order chi connectivity index (χ1) is 8.12. The molecule has 0 amide bonds. The topological polar surface area (TPSA) is 49.3 Å². The van der Waals surface area contributed by atoms with Crippen LogP contribution in [0.3, 0.4) is 0 Å². The average Bonchev–Trinajstić information content (AvgIpc) is 3.08. The maximum Gasteiger partial charge on any atom is 0.310 e. The van der Waals surface area contributed by atoms with Crippen molar-refractivity contribution < 1.29 is 9.90 Å². The van der Waals surface area contributed by atoms with Gasteiger partial charge in [0.2, 0.25) is 0 Å². The summed E-state index contributed by atoms with van der Waals surface area (Å²) in [4.78, 5) is 10.9. The fourth-order valence-electron chi connectivity index (χ4n) is 1.93. The van der Waals surface area contributed by atoms with E-state index in [1.807, 2.05) is 0 Å².